The molecule has 1 aliphatic heterocycles. The number of nitrogens with one attached hydrogen (secondary N) is 2. The summed E-state index contributed by atoms with van der Waals surface area (Å²) in [6.07, 6.45) is 1.93. The fourth-order valence-corrected chi connectivity index (χ4v) is 5.14. The zero-order chi connectivity index (χ0) is 25.0. The average Bonchev–Trinajstić information content (AvgIpc) is 3.26. The van der Waals surface area contributed by atoms with Crippen molar-refractivity contribution in [3.05, 3.63) is 87.6 Å². The topological polar surface area (TPSA) is 84.2 Å². The number of carbonyl (C=O) groups excluding carboxylic acids is 1. The van der Waals surface area contributed by atoms with Gasteiger partial charge in [-0.05, 0) is 55.4 Å². The van der Waals surface area contributed by atoms with Crippen molar-refractivity contribution in [2.24, 2.45) is 0 Å². The lowest BCUT2D eigenvalue weighted by Gasteiger charge is -2.48. The van der Waals surface area contributed by atoms with Gasteiger partial charge in [0, 0.05) is 36.8 Å². The van der Waals surface area contributed by atoms with E-state index in [1.54, 1.807) is 28.8 Å². The van der Waals surface area contributed by atoms with Crippen LogP contribution in [-0.4, -0.2) is 56.3 Å². The summed E-state index contributed by atoms with van der Waals surface area (Å²) in [6, 6.07) is 15.7. The molecule has 2 heterocycles. The molecule has 2 unspecified atom stereocenters. The highest BCUT2D eigenvalue weighted by Gasteiger charge is 2.45. The minimum absolute atomic E-state index is 0.188. The molecule has 0 bridgehead atoms. The molecule has 0 saturated carbocycles. The number of Topliss-reactive ketones (excluding diaryl/α,β-unsaturated/α-hetero) is 1. The number of hydrogen-bond donors (Lipinski definition) is 2. The maximum atomic E-state index is 13.9. The molecule has 2 atom stereocenters. The Morgan fingerprint density at radius 2 is 1.91 bits per heavy atom. The molecule has 3 aromatic rings. The summed E-state index contributed by atoms with van der Waals surface area (Å²) >= 11 is 11.7. The SMILES string of the molecule is CCNC(=S)N1CCNCC1(c1ccccc1)n1cnn(C(CC)C(=O)c2ccc(Cl)cc2)c1=O. The molecule has 35 heavy (non-hydrogen) atoms. The van der Waals surface area contributed by atoms with Gasteiger partial charge in [0.1, 0.15) is 12.4 Å². The number of piperazine rings is 1. The zero-order valence-electron chi connectivity index (χ0n) is 19.8. The van der Waals surface area contributed by atoms with Gasteiger partial charge in [-0.1, -0.05) is 48.9 Å². The molecule has 184 valence electrons. The molecule has 1 aromatic heterocycles. The molecule has 1 saturated heterocycles. The van der Waals surface area contributed by atoms with Crippen molar-refractivity contribution in [3.8, 4) is 0 Å². The first-order chi connectivity index (χ1) is 16.9. The lowest BCUT2D eigenvalue weighted by Crippen LogP contribution is -2.67. The van der Waals surface area contributed by atoms with Crippen LogP contribution in [0.1, 0.15) is 42.2 Å². The zero-order valence-corrected chi connectivity index (χ0v) is 21.4. The van der Waals surface area contributed by atoms with Crippen LogP contribution in [-0.2, 0) is 5.66 Å². The third-order valence-corrected chi connectivity index (χ3v) is 6.96. The van der Waals surface area contributed by atoms with E-state index < -0.39 is 11.7 Å². The van der Waals surface area contributed by atoms with Gasteiger partial charge >= 0.3 is 5.69 Å². The molecule has 0 amide bonds. The van der Waals surface area contributed by atoms with Crippen molar-refractivity contribution >= 4 is 34.7 Å². The molecule has 1 fully saturated rings. The molecular formula is C25H29ClN6O2S. The third kappa shape index (κ3) is 4.63. The highest BCUT2D eigenvalue weighted by molar-refractivity contribution is 7.80. The van der Waals surface area contributed by atoms with Crippen LogP contribution in [0.25, 0.3) is 0 Å². The number of hydrogen-bond acceptors (Lipinski definition) is 5. The Morgan fingerprint density at radius 1 is 1.20 bits per heavy atom. The summed E-state index contributed by atoms with van der Waals surface area (Å²) in [7, 11) is 0. The van der Waals surface area contributed by atoms with Gasteiger partial charge in [-0.2, -0.15) is 5.10 Å². The predicted octanol–water partition coefficient (Wildman–Crippen LogP) is 3.03. The highest BCUT2D eigenvalue weighted by Crippen LogP contribution is 2.31. The summed E-state index contributed by atoms with van der Waals surface area (Å²) in [5.74, 6) is -0.188. The van der Waals surface area contributed by atoms with E-state index in [1.165, 1.54) is 11.0 Å². The van der Waals surface area contributed by atoms with Gasteiger partial charge in [0.2, 0.25) is 0 Å². The predicted molar refractivity (Wildman–Crippen MR) is 141 cm³/mol. The van der Waals surface area contributed by atoms with Crippen LogP contribution in [0.4, 0.5) is 0 Å². The smallest absolute Gasteiger partial charge is 0.348 e. The fourth-order valence-electron chi connectivity index (χ4n) is 4.63. The van der Waals surface area contributed by atoms with Gasteiger partial charge in [-0.15, -0.1) is 0 Å². The molecular weight excluding hydrogens is 484 g/mol. The first-order valence-electron chi connectivity index (χ1n) is 11.7. The normalized spacial score (nSPS) is 18.8. The quantitative estimate of drug-likeness (QED) is 0.372. The van der Waals surface area contributed by atoms with E-state index in [4.69, 9.17) is 23.8 Å². The van der Waals surface area contributed by atoms with Crippen LogP contribution < -0.4 is 16.3 Å². The summed E-state index contributed by atoms with van der Waals surface area (Å²) < 4.78 is 2.88. The number of ketones is 1. The van der Waals surface area contributed by atoms with Crippen LogP contribution >= 0.6 is 23.8 Å². The van der Waals surface area contributed by atoms with Crippen molar-refractivity contribution in [2.75, 3.05) is 26.2 Å². The number of aromatic nitrogens is 3. The highest BCUT2D eigenvalue weighted by atomic mass is 35.5. The molecule has 0 radical (unpaired) electrons. The summed E-state index contributed by atoms with van der Waals surface area (Å²) in [4.78, 5) is 29.3. The lowest BCUT2D eigenvalue weighted by atomic mass is 9.95. The fraction of sp³-hybridized carbons (Fsp3) is 0.360. The van der Waals surface area contributed by atoms with E-state index in [0.29, 0.717) is 41.8 Å². The molecule has 10 heteroatoms. The largest absolute Gasteiger partial charge is 0.363 e. The number of benzene rings is 2. The van der Waals surface area contributed by atoms with Crippen LogP contribution in [0.3, 0.4) is 0 Å². The Bertz CT molecular complexity index is 1240. The number of halogens is 1. The van der Waals surface area contributed by atoms with E-state index in [1.807, 2.05) is 49.1 Å². The maximum Gasteiger partial charge on any atom is 0.348 e. The van der Waals surface area contributed by atoms with Crippen molar-refractivity contribution < 1.29 is 4.79 Å². The Labute approximate surface area is 214 Å². The second-order valence-corrected chi connectivity index (χ2v) is 9.19. The van der Waals surface area contributed by atoms with Crippen LogP contribution in [0.5, 0.6) is 0 Å². The van der Waals surface area contributed by atoms with Gasteiger partial charge in [0.25, 0.3) is 0 Å². The van der Waals surface area contributed by atoms with Gasteiger partial charge in [-0.25, -0.2) is 9.48 Å². The van der Waals surface area contributed by atoms with E-state index >= 15 is 0 Å². The number of thiocarbonyl (C=S) groups is 1. The standard InChI is InChI=1S/C25H29ClN6O2S/c1-3-21(22(33)18-10-12-20(26)13-11-18)32-24(34)31(17-29-32)25(19-8-6-5-7-9-19)16-27-14-15-30(25)23(35)28-4-2/h5-13,17,21,27H,3-4,14-16H2,1-2H3,(H,28,35). The van der Waals surface area contributed by atoms with Crippen LogP contribution in [0, 0.1) is 0 Å². The Morgan fingerprint density at radius 3 is 2.57 bits per heavy atom. The second-order valence-electron chi connectivity index (χ2n) is 8.37. The van der Waals surface area contributed by atoms with E-state index in [9.17, 15) is 9.59 Å². The van der Waals surface area contributed by atoms with Crippen molar-refractivity contribution in [1.29, 1.82) is 0 Å². The monoisotopic (exact) mass is 512 g/mol. The molecule has 4 rings (SSSR count). The summed E-state index contributed by atoms with van der Waals surface area (Å²) in [6.45, 7) is 6.27. The van der Waals surface area contributed by atoms with Crippen LogP contribution in [0.2, 0.25) is 5.02 Å². The number of nitrogens with zero attached hydrogens (tertiary/aromatic N) is 4. The average molecular weight is 513 g/mol. The first kappa shape index (κ1) is 25.1. The molecule has 2 aromatic carbocycles. The number of carbonyl (C=O) groups is 1. The minimum Gasteiger partial charge on any atom is -0.363 e. The molecule has 2 N–H and O–H groups in total. The van der Waals surface area contributed by atoms with Gasteiger partial charge in [0.05, 0.1) is 0 Å². The third-order valence-electron chi connectivity index (χ3n) is 6.34. The van der Waals surface area contributed by atoms with Gasteiger partial charge < -0.3 is 15.5 Å². The van der Waals surface area contributed by atoms with Crippen molar-refractivity contribution in [2.45, 2.75) is 32.0 Å². The van der Waals surface area contributed by atoms with Gasteiger partial charge in [0.15, 0.2) is 16.6 Å². The summed E-state index contributed by atoms with van der Waals surface area (Å²) in [5.41, 5.74) is 0.0485. The minimum atomic E-state index is -0.949. The molecule has 0 aliphatic carbocycles. The Kier molecular flexibility index (Phi) is 7.69. The van der Waals surface area contributed by atoms with Crippen LogP contribution in [0.15, 0.2) is 65.7 Å². The molecule has 0 spiro atoms. The van der Waals surface area contributed by atoms with Crippen molar-refractivity contribution in [3.63, 3.8) is 0 Å². The maximum absolute atomic E-state index is 13.9. The van der Waals surface area contributed by atoms with Crippen molar-refractivity contribution in [1.82, 2.24) is 29.9 Å². The summed E-state index contributed by atoms with van der Waals surface area (Å²) in [5, 5.41) is 12.2. The molecule has 1 aliphatic rings. The first-order valence-corrected chi connectivity index (χ1v) is 12.5. The van der Waals surface area contributed by atoms with E-state index in [-0.39, 0.29) is 11.5 Å². The van der Waals surface area contributed by atoms with Gasteiger partial charge in [-0.3, -0.25) is 9.36 Å². The Balaban J connectivity index is 1.84. The lowest BCUT2D eigenvalue weighted by molar-refractivity contribution is 0.0881. The Hall–Kier alpha value is -3.01. The van der Waals surface area contributed by atoms with E-state index in [0.717, 1.165) is 12.1 Å². The second kappa shape index (κ2) is 10.7. The molecule has 8 nitrogen and oxygen atoms in total. The van der Waals surface area contributed by atoms with E-state index in [2.05, 4.69) is 15.7 Å². The number of rotatable bonds is 7.